The molecule has 1 amide bonds. The van der Waals surface area contributed by atoms with Gasteiger partial charge in [-0.2, -0.15) is 5.26 Å². The zero-order chi connectivity index (χ0) is 13.5. The topological polar surface area (TPSA) is 105 Å². The van der Waals surface area contributed by atoms with Crippen LogP contribution in [0.15, 0.2) is 0 Å². The second-order valence-corrected chi connectivity index (χ2v) is 3.23. The third-order valence-corrected chi connectivity index (χ3v) is 1.69. The molecule has 0 rings (SSSR count). The van der Waals surface area contributed by atoms with Gasteiger partial charge in [-0.3, -0.25) is 14.4 Å². The molecule has 0 heterocycles. The van der Waals surface area contributed by atoms with Gasteiger partial charge in [0, 0.05) is 6.92 Å². The van der Waals surface area contributed by atoms with Crippen molar-refractivity contribution in [3.05, 3.63) is 0 Å². The summed E-state index contributed by atoms with van der Waals surface area (Å²) in [7, 11) is 0. The molecule has 0 saturated heterocycles. The maximum absolute atomic E-state index is 11.5. The van der Waals surface area contributed by atoms with Crippen molar-refractivity contribution in [3.63, 3.8) is 0 Å². The predicted octanol–water partition coefficient (Wildman–Crippen LogP) is -0.489. The number of nitrogens with one attached hydrogen (secondary N) is 1. The van der Waals surface area contributed by atoms with Crippen molar-refractivity contribution in [1.29, 1.82) is 5.26 Å². The first-order valence-corrected chi connectivity index (χ1v) is 4.90. The van der Waals surface area contributed by atoms with Crippen LogP contribution in [0.2, 0.25) is 0 Å². The number of nitrogens with zero attached hydrogens (tertiary/aromatic N) is 1. The second kappa shape index (κ2) is 6.48. The van der Waals surface area contributed by atoms with Crippen molar-refractivity contribution in [2.24, 2.45) is 0 Å². The monoisotopic (exact) mass is 242 g/mol. The molecular weight excluding hydrogens is 228 g/mol. The lowest BCUT2D eigenvalue weighted by Crippen LogP contribution is -2.48. The minimum atomic E-state index is -1.95. The summed E-state index contributed by atoms with van der Waals surface area (Å²) in [5.74, 6) is -2.27. The van der Waals surface area contributed by atoms with Crippen molar-refractivity contribution in [3.8, 4) is 6.07 Å². The highest BCUT2D eigenvalue weighted by atomic mass is 16.6. The number of nitriles is 1. The van der Waals surface area contributed by atoms with E-state index in [0.29, 0.717) is 0 Å². The molecule has 0 saturated carbocycles. The van der Waals surface area contributed by atoms with E-state index in [0.717, 1.165) is 13.8 Å². The highest BCUT2D eigenvalue weighted by Crippen LogP contribution is 2.09. The zero-order valence-electron chi connectivity index (χ0n) is 9.90. The van der Waals surface area contributed by atoms with Crippen LogP contribution < -0.4 is 5.32 Å². The maximum Gasteiger partial charge on any atom is 0.325 e. The van der Waals surface area contributed by atoms with E-state index in [2.05, 4.69) is 14.8 Å². The van der Waals surface area contributed by atoms with Gasteiger partial charge in [-0.1, -0.05) is 0 Å². The summed E-state index contributed by atoms with van der Waals surface area (Å²) < 4.78 is 9.15. The maximum atomic E-state index is 11.5. The number of esters is 2. The van der Waals surface area contributed by atoms with E-state index in [4.69, 9.17) is 5.26 Å². The first-order valence-electron chi connectivity index (χ1n) is 4.90. The van der Waals surface area contributed by atoms with Gasteiger partial charge in [0.15, 0.2) is 0 Å². The smallest absolute Gasteiger partial charge is 0.325 e. The molecule has 1 unspecified atom stereocenters. The van der Waals surface area contributed by atoms with E-state index in [9.17, 15) is 14.4 Å². The third kappa shape index (κ3) is 4.97. The summed E-state index contributed by atoms with van der Waals surface area (Å²) in [6, 6.07) is 1.56. The summed E-state index contributed by atoms with van der Waals surface area (Å²) >= 11 is 0. The van der Waals surface area contributed by atoms with E-state index >= 15 is 0 Å². The first kappa shape index (κ1) is 14.9. The molecule has 94 valence electrons. The molecule has 0 aromatic heterocycles. The number of hydrogen-bond donors (Lipinski definition) is 1. The zero-order valence-corrected chi connectivity index (χ0v) is 9.90. The Morgan fingerprint density at radius 1 is 1.41 bits per heavy atom. The Morgan fingerprint density at radius 3 is 2.41 bits per heavy atom. The van der Waals surface area contributed by atoms with Crippen molar-refractivity contribution in [2.75, 3.05) is 13.2 Å². The largest absolute Gasteiger partial charge is 0.465 e. The summed E-state index contributed by atoms with van der Waals surface area (Å²) in [6.07, 6.45) is 0. The van der Waals surface area contributed by atoms with Crippen LogP contribution in [0.25, 0.3) is 0 Å². The Labute approximate surface area is 98.7 Å². The minimum absolute atomic E-state index is 0.189. The fourth-order valence-corrected chi connectivity index (χ4v) is 0.941. The number of carbonyl (C=O) groups excluding carboxylic acids is 3. The molecule has 7 nitrogen and oxygen atoms in total. The van der Waals surface area contributed by atoms with Crippen LogP contribution in [-0.4, -0.2) is 36.6 Å². The number of hydrogen-bond acceptors (Lipinski definition) is 6. The van der Waals surface area contributed by atoms with Crippen molar-refractivity contribution >= 4 is 17.8 Å². The molecule has 17 heavy (non-hydrogen) atoms. The molecule has 0 aromatic rings. The van der Waals surface area contributed by atoms with Gasteiger partial charge in [0.05, 0.1) is 6.61 Å². The molecule has 1 N–H and O–H groups in total. The summed E-state index contributed by atoms with van der Waals surface area (Å²) in [4.78, 5) is 33.2. The first-order chi connectivity index (χ1) is 7.85. The van der Waals surface area contributed by atoms with Gasteiger partial charge >= 0.3 is 11.9 Å². The fraction of sp³-hybridized carbons (Fsp3) is 0.600. The minimum Gasteiger partial charge on any atom is -0.465 e. The van der Waals surface area contributed by atoms with Crippen molar-refractivity contribution < 1.29 is 23.9 Å². The number of ether oxygens (including phenoxy) is 2. The van der Waals surface area contributed by atoms with Crippen molar-refractivity contribution in [1.82, 2.24) is 5.32 Å². The predicted molar refractivity (Wildman–Crippen MR) is 55.4 cm³/mol. The van der Waals surface area contributed by atoms with Gasteiger partial charge in [-0.25, -0.2) is 0 Å². The second-order valence-electron chi connectivity index (χ2n) is 3.23. The van der Waals surface area contributed by atoms with Crippen LogP contribution in [-0.2, 0) is 23.9 Å². The van der Waals surface area contributed by atoms with Gasteiger partial charge in [0.2, 0.25) is 0 Å². The SMILES string of the molecule is CCOC(=O)CNC(=O)C(C)(C#N)OC(C)=O. The third-order valence-electron chi connectivity index (χ3n) is 1.69. The molecule has 0 radical (unpaired) electrons. The lowest BCUT2D eigenvalue weighted by atomic mass is 10.1. The van der Waals surface area contributed by atoms with Crippen LogP contribution in [0.3, 0.4) is 0 Å². The van der Waals surface area contributed by atoms with E-state index < -0.39 is 23.4 Å². The van der Waals surface area contributed by atoms with Crippen LogP contribution in [0.1, 0.15) is 20.8 Å². The Hall–Kier alpha value is -2.10. The molecule has 0 aromatic carbocycles. The molecule has 7 heteroatoms. The summed E-state index contributed by atoms with van der Waals surface area (Å²) in [5.41, 5.74) is -1.95. The Morgan fingerprint density at radius 2 is 2.00 bits per heavy atom. The standard InChI is InChI=1S/C10H14N2O5/c1-4-16-8(14)5-12-9(15)10(3,6-11)17-7(2)13/h4-5H2,1-3H3,(H,12,15). The number of amides is 1. The van der Waals surface area contributed by atoms with Gasteiger partial charge in [0.25, 0.3) is 11.5 Å². The van der Waals surface area contributed by atoms with Crippen LogP contribution in [0, 0.1) is 11.3 Å². The van der Waals surface area contributed by atoms with Crippen molar-refractivity contribution in [2.45, 2.75) is 26.4 Å². The molecule has 0 fully saturated rings. The summed E-state index contributed by atoms with van der Waals surface area (Å²) in [5, 5.41) is 10.9. The lowest BCUT2D eigenvalue weighted by molar-refractivity contribution is -0.159. The Balaban J connectivity index is 4.42. The van der Waals surface area contributed by atoms with Gasteiger partial charge in [0.1, 0.15) is 12.6 Å². The van der Waals surface area contributed by atoms with Gasteiger partial charge < -0.3 is 14.8 Å². The summed E-state index contributed by atoms with van der Waals surface area (Å²) in [6.45, 7) is 3.64. The highest BCUT2D eigenvalue weighted by molar-refractivity contribution is 5.92. The normalized spacial score (nSPS) is 12.8. The Kier molecular flexibility index (Phi) is 5.68. The molecule has 0 aliphatic rings. The van der Waals surface area contributed by atoms with Gasteiger partial charge in [-0.05, 0) is 13.8 Å². The van der Waals surface area contributed by atoms with Gasteiger partial charge in [-0.15, -0.1) is 0 Å². The fourth-order valence-electron chi connectivity index (χ4n) is 0.941. The van der Waals surface area contributed by atoms with E-state index in [1.54, 1.807) is 13.0 Å². The average molecular weight is 242 g/mol. The molecule has 0 aliphatic heterocycles. The molecule has 0 aliphatic carbocycles. The van der Waals surface area contributed by atoms with E-state index in [1.807, 2.05) is 0 Å². The number of carbonyl (C=O) groups is 3. The molecule has 1 atom stereocenters. The molecular formula is C10H14N2O5. The van der Waals surface area contributed by atoms with Crippen LogP contribution in [0.5, 0.6) is 0 Å². The molecule has 0 bridgehead atoms. The number of rotatable bonds is 5. The lowest BCUT2D eigenvalue weighted by Gasteiger charge is -2.19. The van der Waals surface area contributed by atoms with Crippen LogP contribution >= 0.6 is 0 Å². The Bertz CT molecular complexity index is 360. The van der Waals surface area contributed by atoms with E-state index in [-0.39, 0.29) is 13.2 Å². The highest BCUT2D eigenvalue weighted by Gasteiger charge is 2.37. The quantitative estimate of drug-likeness (QED) is 0.652. The average Bonchev–Trinajstić information content (AvgIpc) is 2.25. The van der Waals surface area contributed by atoms with E-state index in [1.165, 1.54) is 0 Å². The van der Waals surface area contributed by atoms with Crippen LogP contribution in [0.4, 0.5) is 0 Å². The molecule has 0 spiro atoms.